The van der Waals surface area contributed by atoms with Gasteiger partial charge in [-0.2, -0.15) is 0 Å². The smallest absolute Gasteiger partial charge is 0.414 e. The fraction of sp³-hybridized carbons (Fsp3) is 0.333. The third-order valence-electron chi connectivity index (χ3n) is 6.96. The van der Waals surface area contributed by atoms with Gasteiger partial charge in [-0.15, -0.1) is 0 Å². The summed E-state index contributed by atoms with van der Waals surface area (Å²) in [5, 5.41) is 10.3. The van der Waals surface area contributed by atoms with Gasteiger partial charge in [0.15, 0.2) is 0 Å². The zero-order chi connectivity index (χ0) is 27.0. The number of nitrogens with zero attached hydrogens (tertiary/aromatic N) is 3. The van der Waals surface area contributed by atoms with Crippen LogP contribution in [0.3, 0.4) is 0 Å². The molecule has 0 aliphatic carbocycles. The van der Waals surface area contributed by atoms with E-state index in [1.54, 1.807) is 17.0 Å². The number of carboxylic acids is 1. The van der Waals surface area contributed by atoms with Crippen molar-refractivity contribution in [3.8, 4) is 11.1 Å². The van der Waals surface area contributed by atoms with E-state index in [1.165, 1.54) is 11.1 Å². The number of ether oxygens (including phenoxy) is 1. The predicted molar refractivity (Wildman–Crippen MR) is 150 cm³/mol. The number of hydrogen-bond donors (Lipinski definition) is 1. The van der Waals surface area contributed by atoms with Gasteiger partial charge in [-0.05, 0) is 67.8 Å². The monoisotopic (exact) mass is 533 g/mol. The van der Waals surface area contributed by atoms with E-state index >= 15 is 0 Å². The number of hydrogen-bond acceptors (Lipinski definition) is 5. The molecule has 1 atom stereocenters. The average Bonchev–Trinajstić information content (AvgIpc) is 2.87. The van der Waals surface area contributed by atoms with Crippen molar-refractivity contribution in [2.45, 2.75) is 39.0 Å². The summed E-state index contributed by atoms with van der Waals surface area (Å²) in [5.41, 5.74) is 4.46. The minimum absolute atomic E-state index is 0.0436. The molecule has 3 aromatic rings. The molecule has 7 nitrogen and oxygen atoms in total. The molecule has 8 heteroatoms. The van der Waals surface area contributed by atoms with Crippen LogP contribution in [0.1, 0.15) is 36.7 Å². The lowest BCUT2D eigenvalue weighted by Gasteiger charge is -2.49. The lowest BCUT2D eigenvalue weighted by atomic mass is 9.98. The van der Waals surface area contributed by atoms with Crippen LogP contribution in [-0.2, 0) is 11.3 Å². The molecular weight excluding hydrogens is 502 g/mol. The van der Waals surface area contributed by atoms with Crippen molar-refractivity contribution in [3.05, 3.63) is 82.9 Å². The number of amides is 1. The highest BCUT2D eigenvalue weighted by Crippen LogP contribution is 2.39. The molecule has 0 spiro atoms. The van der Waals surface area contributed by atoms with Crippen LogP contribution < -0.4 is 9.80 Å². The van der Waals surface area contributed by atoms with Gasteiger partial charge < -0.3 is 14.7 Å². The molecule has 1 saturated heterocycles. The van der Waals surface area contributed by atoms with Crippen LogP contribution in [-0.4, -0.2) is 59.9 Å². The normalized spacial score (nSPS) is 17.5. The molecule has 0 aromatic heterocycles. The Morgan fingerprint density at radius 3 is 2.42 bits per heavy atom. The first-order valence-electron chi connectivity index (χ1n) is 12.8. The standard InChI is InChI=1S/C30H32ClN3O4/c1-30(2,3)38-29(37)34-19-24-18-32(14-15-33(24)26-13-10-21(28(35)36)16-27(26)34)17-22-6-4-5-7-25(22)20-8-11-23(31)12-9-20/h4-13,16,24H,14-15,17-19H2,1-3H3,(H,35,36). The summed E-state index contributed by atoms with van der Waals surface area (Å²) >= 11 is 6.11. The second-order valence-corrected chi connectivity index (χ2v) is 11.3. The molecule has 2 aliphatic heterocycles. The van der Waals surface area contributed by atoms with Crippen LogP contribution in [0.4, 0.5) is 16.2 Å². The number of anilines is 2. The molecule has 0 saturated carbocycles. The summed E-state index contributed by atoms with van der Waals surface area (Å²) in [6, 6.07) is 21.3. The van der Waals surface area contributed by atoms with Gasteiger partial charge in [-0.3, -0.25) is 9.80 Å². The summed E-state index contributed by atoms with van der Waals surface area (Å²) in [6.07, 6.45) is -0.467. The molecule has 1 fully saturated rings. The highest BCUT2D eigenvalue weighted by molar-refractivity contribution is 6.30. The zero-order valence-corrected chi connectivity index (χ0v) is 22.6. The molecule has 3 aromatic carbocycles. The fourth-order valence-corrected chi connectivity index (χ4v) is 5.39. The molecule has 2 aliphatic rings. The largest absolute Gasteiger partial charge is 0.478 e. The van der Waals surface area contributed by atoms with E-state index in [4.69, 9.17) is 16.3 Å². The first-order valence-corrected chi connectivity index (χ1v) is 13.2. The number of carboxylic acid groups (broad SMARTS) is 1. The van der Waals surface area contributed by atoms with Crippen LogP contribution in [0.25, 0.3) is 11.1 Å². The molecule has 0 radical (unpaired) electrons. The summed E-state index contributed by atoms with van der Waals surface area (Å²) < 4.78 is 5.71. The third-order valence-corrected chi connectivity index (χ3v) is 7.22. The van der Waals surface area contributed by atoms with E-state index in [9.17, 15) is 14.7 Å². The van der Waals surface area contributed by atoms with Crippen molar-refractivity contribution < 1.29 is 19.4 Å². The number of fused-ring (bicyclic) bond motifs is 3. The average molecular weight is 534 g/mol. The van der Waals surface area contributed by atoms with Gasteiger partial charge in [0.25, 0.3) is 0 Å². The molecule has 1 N–H and O–H groups in total. The quantitative estimate of drug-likeness (QED) is 0.433. The summed E-state index contributed by atoms with van der Waals surface area (Å²) in [4.78, 5) is 31.2. The van der Waals surface area contributed by atoms with E-state index in [-0.39, 0.29) is 11.6 Å². The second kappa shape index (κ2) is 10.3. The first kappa shape index (κ1) is 26.1. The number of piperazine rings is 1. The maximum absolute atomic E-state index is 13.2. The van der Waals surface area contributed by atoms with Gasteiger partial charge in [-0.25, -0.2) is 9.59 Å². The molecule has 0 bridgehead atoms. The van der Waals surface area contributed by atoms with Crippen LogP contribution in [0.5, 0.6) is 0 Å². The van der Waals surface area contributed by atoms with Crippen LogP contribution in [0, 0.1) is 0 Å². The molecule has 5 rings (SSSR count). The van der Waals surface area contributed by atoms with Gasteiger partial charge in [0, 0.05) is 31.2 Å². The Labute approximate surface area is 228 Å². The van der Waals surface area contributed by atoms with Crippen LogP contribution in [0.15, 0.2) is 66.7 Å². The molecule has 198 valence electrons. The minimum Gasteiger partial charge on any atom is -0.478 e. The van der Waals surface area contributed by atoms with Crippen LogP contribution >= 0.6 is 11.6 Å². The lowest BCUT2D eigenvalue weighted by Crippen LogP contribution is -2.60. The molecule has 1 unspecified atom stereocenters. The summed E-state index contributed by atoms with van der Waals surface area (Å²) in [7, 11) is 0. The van der Waals surface area contributed by atoms with E-state index in [1.807, 2.05) is 57.2 Å². The van der Waals surface area contributed by atoms with E-state index in [0.29, 0.717) is 17.3 Å². The number of rotatable bonds is 4. The van der Waals surface area contributed by atoms with E-state index < -0.39 is 17.7 Å². The molecular formula is C30H32ClN3O4. The van der Waals surface area contributed by atoms with Crippen molar-refractivity contribution >= 4 is 35.0 Å². The molecule has 2 heterocycles. The number of carbonyl (C=O) groups excluding carboxylic acids is 1. The van der Waals surface area contributed by atoms with Crippen molar-refractivity contribution in [1.82, 2.24) is 4.90 Å². The Morgan fingerprint density at radius 2 is 1.71 bits per heavy atom. The Balaban J connectivity index is 1.41. The summed E-state index contributed by atoms with van der Waals surface area (Å²) in [5.74, 6) is -1.02. The van der Waals surface area contributed by atoms with E-state index in [0.717, 1.165) is 37.4 Å². The van der Waals surface area contributed by atoms with Crippen molar-refractivity contribution in [2.75, 3.05) is 36.0 Å². The number of carbonyl (C=O) groups is 2. The van der Waals surface area contributed by atoms with Crippen molar-refractivity contribution in [2.24, 2.45) is 0 Å². The number of halogens is 1. The molecule has 1 amide bonds. The van der Waals surface area contributed by atoms with E-state index in [2.05, 4.69) is 28.0 Å². The Morgan fingerprint density at radius 1 is 0.974 bits per heavy atom. The van der Waals surface area contributed by atoms with Crippen molar-refractivity contribution in [1.29, 1.82) is 0 Å². The Kier molecular flexibility index (Phi) is 7.07. The molecule has 38 heavy (non-hydrogen) atoms. The highest BCUT2D eigenvalue weighted by Gasteiger charge is 2.39. The second-order valence-electron chi connectivity index (χ2n) is 10.8. The minimum atomic E-state index is -1.02. The van der Waals surface area contributed by atoms with Crippen LogP contribution in [0.2, 0.25) is 5.02 Å². The van der Waals surface area contributed by atoms with Gasteiger partial charge in [0.05, 0.1) is 29.5 Å². The maximum atomic E-state index is 13.2. The number of benzene rings is 3. The zero-order valence-electron chi connectivity index (χ0n) is 21.9. The first-order chi connectivity index (χ1) is 18.1. The number of aromatic carboxylic acids is 1. The maximum Gasteiger partial charge on any atom is 0.414 e. The van der Waals surface area contributed by atoms with Gasteiger partial charge in [0.1, 0.15) is 5.60 Å². The van der Waals surface area contributed by atoms with Gasteiger partial charge >= 0.3 is 12.1 Å². The van der Waals surface area contributed by atoms with Gasteiger partial charge in [-0.1, -0.05) is 48.0 Å². The van der Waals surface area contributed by atoms with Gasteiger partial charge in [0.2, 0.25) is 0 Å². The topological polar surface area (TPSA) is 73.3 Å². The SMILES string of the molecule is CC(C)(C)OC(=O)N1CC2CN(Cc3ccccc3-c3ccc(Cl)cc3)CCN2c2ccc(C(=O)O)cc21. The predicted octanol–water partition coefficient (Wildman–Crippen LogP) is 6.15. The Bertz CT molecular complexity index is 1350. The third kappa shape index (κ3) is 5.49. The van der Waals surface area contributed by atoms with Crippen molar-refractivity contribution in [3.63, 3.8) is 0 Å². The fourth-order valence-electron chi connectivity index (χ4n) is 5.26. The summed E-state index contributed by atoms with van der Waals surface area (Å²) in [6.45, 7) is 9.06. The highest BCUT2D eigenvalue weighted by atomic mass is 35.5. The Hall–Kier alpha value is -3.55. The lowest BCUT2D eigenvalue weighted by molar-refractivity contribution is 0.0569.